The maximum absolute atomic E-state index is 12.2. The van der Waals surface area contributed by atoms with Gasteiger partial charge in [0.25, 0.3) is 5.91 Å². The first kappa shape index (κ1) is 15.2. The standard InChI is InChI=1S/C17H10ClN3OS/c18-14-6-4-12(5-7-14)15-10-23-17(20-15)21-16(22)13-3-1-2-11(8-13)9-19/h1-8,10H,(H,20,21,22). The molecule has 3 rings (SSSR count). The number of anilines is 1. The molecule has 3 aromatic rings. The van der Waals surface area contributed by atoms with Crippen LogP contribution in [0.3, 0.4) is 0 Å². The number of nitrogens with zero attached hydrogens (tertiary/aromatic N) is 2. The van der Waals surface area contributed by atoms with Crippen molar-refractivity contribution in [1.29, 1.82) is 5.26 Å². The van der Waals surface area contributed by atoms with Crippen molar-refractivity contribution in [3.05, 3.63) is 70.1 Å². The van der Waals surface area contributed by atoms with Crippen LogP contribution in [-0.4, -0.2) is 10.9 Å². The van der Waals surface area contributed by atoms with Gasteiger partial charge in [0.2, 0.25) is 0 Å². The second kappa shape index (κ2) is 6.61. The van der Waals surface area contributed by atoms with E-state index in [4.69, 9.17) is 16.9 Å². The third kappa shape index (κ3) is 3.57. The fourth-order valence-electron chi connectivity index (χ4n) is 1.98. The number of hydrogen-bond acceptors (Lipinski definition) is 4. The molecule has 1 amide bonds. The van der Waals surface area contributed by atoms with Crippen LogP contribution in [0.2, 0.25) is 5.02 Å². The number of carbonyl (C=O) groups is 1. The van der Waals surface area contributed by atoms with E-state index in [2.05, 4.69) is 10.3 Å². The zero-order valence-electron chi connectivity index (χ0n) is 11.8. The van der Waals surface area contributed by atoms with Crippen LogP contribution in [-0.2, 0) is 0 Å². The molecule has 0 fully saturated rings. The molecular weight excluding hydrogens is 330 g/mol. The average molecular weight is 340 g/mol. The summed E-state index contributed by atoms with van der Waals surface area (Å²) in [6, 6.07) is 15.9. The van der Waals surface area contributed by atoms with Crippen LogP contribution in [0, 0.1) is 11.3 Å². The summed E-state index contributed by atoms with van der Waals surface area (Å²) in [4.78, 5) is 16.6. The van der Waals surface area contributed by atoms with Crippen molar-refractivity contribution in [3.63, 3.8) is 0 Å². The van der Waals surface area contributed by atoms with E-state index in [0.717, 1.165) is 11.3 Å². The third-order valence-electron chi connectivity index (χ3n) is 3.12. The van der Waals surface area contributed by atoms with E-state index in [1.807, 2.05) is 23.6 Å². The van der Waals surface area contributed by atoms with Crippen LogP contribution >= 0.6 is 22.9 Å². The molecule has 0 atom stereocenters. The second-order valence-electron chi connectivity index (χ2n) is 4.69. The molecule has 0 radical (unpaired) electrons. The fraction of sp³-hybridized carbons (Fsp3) is 0. The maximum Gasteiger partial charge on any atom is 0.257 e. The molecule has 0 unspecified atom stereocenters. The highest BCUT2D eigenvalue weighted by atomic mass is 35.5. The van der Waals surface area contributed by atoms with Crippen molar-refractivity contribution in [2.24, 2.45) is 0 Å². The monoisotopic (exact) mass is 339 g/mol. The van der Waals surface area contributed by atoms with Gasteiger partial charge in [0.05, 0.1) is 17.3 Å². The molecular formula is C17H10ClN3OS. The van der Waals surface area contributed by atoms with Gasteiger partial charge in [-0.25, -0.2) is 4.98 Å². The minimum atomic E-state index is -0.292. The molecule has 2 aromatic carbocycles. The van der Waals surface area contributed by atoms with Crippen molar-refractivity contribution < 1.29 is 4.79 Å². The van der Waals surface area contributed by atoms with Gasteiger partial charge in [-0.15, -0.1) is 11.3 Å². The highest BCUT2D eigenvalue weighted by Crippen LogP contribution is 2.26. The molecule has 0 aliphatic heterocycles. The number of hydrogen-bond donors (Lipinski definition) is 1. The molecule has 1 aromatic heterocycles. The Hall–Kier alpha value is -2.68. The Morgan fingerprint density at radius 2 is 2.00 bits per heavy atom. The highest BCUT2D eigenvalue weighted by molar-refractivity contribution is 7.14. The molecule has 0 bridgehead atoms. The van der Waals surface area contributed by atoms with Gasteiger partial charge in [-0.2, -0.15) is 5.26 Å². The van der Waals surface area contributed by atoms with Gasteiger partial charge >= 0.3 is 0 Å². The Balaban J connectivity index is 1.77. The van der Waals surface area contributed by atoms with Crippen molar-refractivity contribution in [2.75, 3.05) is 5.32 Å². The predicted octanol–water partition coefficient (Wildman–Crippen LogP) is 4.59. The number of benzene rings is 2. The Morgan fingerprint density at radius 1 is 1.22 bits per heavy atom. The first-order valence-corrected chi connectivity index (χ1v) is 7.94. The number of nitrogens with one attached hydrogen (secondary N) is 1. The zero-order valence-corrected chi connectivity index (χ0v) is 13.4. The molecule has 6 heteroatoms. The molecule has 0 aliphatic rings. The van der Waals surface area contributed by atoms with Gasteiger partial charge in [-0.05, 0) is 30.3 Å². The van der Waals surface area contributed by atoms with E-state index in [9.17, 15) is 4.79 Å². The number of carbonyl (C=O) groups excluding carboxylic acids is 1. The van der Waals surface area contributed by atoms with E-state index in [1.54, 1.807) is 36.4 Å². The summed E-state index contributed by atoms with van der Waals surface area (Å²) in [6.07, 6.45) is 0. The summed E-state index contributed by atoms with van der Waals surface area (Å²) in [5.41, 5.74) is 2.57. The SMILES string of the molecule is N#Cc1cccc(C(=O)Nc2nc(-c3ccc(Cl)cc3)cs2)c1. The molecule has 0 saturated heterocycles. The minimum Gasteiger partial charge on any atom is -0.298 e. The summed E-state index contributed by atoms with van der Waals surface area (Å²) < 4.78 is 0. The largest absolute Gasteiger partial charge is 0.298 e. The van der Waals surface area contributed by atoms with E-state index in [1.165, 1.54) is 11.3 Å². The van der Waals surface area contributed by atoms with E-state index >= 15 is 0 Å². The van der Waals surface area contributed by atoms with Crippen LogP contribution in [0.25, 0.3) is 11.3 Å². The van der Waals surface area contributed by atoms with Crippen molar-refractivity contribution >= 4 is 34.0 Å². The van der Waals surface area contributed by atoms with Crippen molar-refractivity contribution in [2.45, 2.75) is 0 Å². The smallest absolute Gasteiger partial charge is 0.257 e. The Kier molecular flexibility index (Phi) is 4.38. The second-order valence-corrected chi connectivity index (χ2v) is 5.99. The molecule has 1 heterocycles. The van der Waals surface area contributed by atoms with Gasteiger partial charge in [0.15, 0.2) is 5.13 Å². The lowest BCUT2D eigenvalue weighted by atomic mass is 10.1. The normalized spacial score (nSPS) is 10.1. The lowest BCUT2D eigenvalue weighted by Gasteiger charge is -2.02. The molecule has 23 heavy (non-hydrogen) atoms. The molecule has 4 nitrogen and oxygen atoms in total. The van der Waals surface area contributed by atoms with Gasteiger partial charge in [0.1, 0.15) is 0 Å². The lowest BCUT2D eigenvalue weighted by Crippen LogP contribution is -2.11. The van der Waals surface area contributed by atoms with Crippen LogP contribution < -0.4 is 5.32 Å². The van der Waals surface area contributed by atoms with E-state index < -0.39 is 0 Å². The molecule has 112 valence electrons. The Labute approximate surface area is 142 Å². The summed E-state index contributed by atoms with van der Waals surface area (Å²) in [7, 11) is 0. The first-order chi connectivity index (χ1) is 11.2. The van der Waals surface area contributed by atoms with Gasteiger partial charge in [0, 0.05) is 21.5 Å². The molecule has 0 aliphatic carbocycles. The highest BCUT2D eigenvalue weighted by Gasteiger charge is 2.10. The Morgan fingerprint density at radius 3 is 2.74 bits per heavy atom. The predicted molar refractivity (Wildman–Crippen MR) is 91.7 cm³/mol. The molecule has 1 N–H and O–H groups in total. The number of amides is 1. The van der Waals surface area contributed by atoms with Crippen LogP contribution in [0.15, 0.2) is 53.9 Å². The van der Waals surface area contributed by atoms with Crippen LogP contribution in [0.4, 0.5) is 5.13 Å². The van der Waals surface area contributed by atoms with Crippen molar-refractivity contribution in [3.8, 4) is 17.3 Å². The van der Waals surface area contributed by atoms with Gasteiger partial charge < -0.3 is 0 Å². The molecule has 0 spiro atoms. The minimum absolute atomic E-state index is 0.292. The number of thiazole rings is 1. The van der Waals surface area contributed by atoms with Gasteiger partial charge in [-0.1, -0.05) is 29.8 Å². The van der Waals surface area contributed by atoms with E-state index in [0.29, 0.717) is 21.3 Å². The lowest BCUT2D eigenvalue weighted by molar-refractivity contribution is 0.102. The quantitative estimate of drug-likeness (QED) is 0.759. The zero-order chi connectivity index (χ0) is 16.2. The van der Waals surface area contributed by atoms with Crippen LogP contribution in [0.5, 0.6) is 0 Å². The summed E-state index contributed by atoms with van der Waals surface area (Å²) >= 11 is 7.21. The fourth-order valence-corrected chi connectivity index (χ4v) is 2.82. The number of rotatable bonds is 3. The topological polar surface area (TPSA) is 65.8 Å². The first-order valence-electron chi connectivity index (χ1n) is 6.69. The van der Waals surface area contributed by atoms with Gasteiger partial charge in [-0.3, -0.25) is 10.1 Å². The van der Waals surface area contributed by atoms with Crippen LogP contribution in [0.1, 0.15) is 15.9 Å². The summed E-state index contributed by atoms with van der Waals surface area (Å²) in [5, 5.41) is 14.7. The molecule has 0 saturated carbocycles. The number of halogens is 1. The average Bonchev–Trinajstić information content (AvgIpc) is 3.04. The number of aromatic nitrogens is 1. The van der Waals surface area contributed by atoms with E-state index in [-0.39, 0.29) is 5.91 Å². The summed E-state index contributed by atoms with van der Waals surface area (Å²) in [6.45, 7) is 0. The Bertz CT molecular complexity index is 897. The third-order valence-corrected chi connectivity index (χ3v) is 4.13. The maximum atomic E-state index is 12.2. The number of nitriles is 1. The summed E-state index contributed by atoms with van der Waals surface area (Å²) in [5.74, 6) is -0.292. The van der Waals surface area contributed by atoms with Crippen molar-refractivity contribution in [1.82, 2.24) is 4.98 Å².